The lowest BCUT2D eigenvalue weighted by atomic mass is 10.1. The van der Waals surface area contributed by atoms with Gasteiger partial charge in [0.05, 0.1) is 12.7 Å². The molecule has 0 aliphatic rings. The molecule has 1 aromatic carbocycles. The van der Waals surface area contributed by atoms with Crippen molar-refractivity contribution in [3.63, 3.8) is 0 Å². The second-order valence-corrected chi connectivity index (χ2v) is 3.72. The van der Waals surface area contributed by atoms with Crippen LogP contribution in [-0.4, -0.2) is 12.3 Å². The van der Waals surface area contributed by atoms with Gasteiger partial charge in [0.15, 0.2) is 0 Å². The largest absolute Gasteiger partial charge is 0.373 e. The average molecular weight is 217 g/mol. The Kier molecular flexibility index (Phi) is 6.19. The molecule has 1 N–H and O–H groups in total. The Morgan fingerprint density at radius 2 is 2.06 bits per heavy atom. The lowest BCUT2D eigenvalue weighted by molar-refractivity contribution is 0.0386. The van der Waals surface area contributed by atoms with Gasteiger partial charge < -0.3 is 10.1 Å². The van der Waals surface area contributed by atoms with Gasteiger partial charge in [0.1, 0.15) is 0 Å². The number of nitrogens with one attached hydrogen (secondary N) is 1. The molecule has 1 atom stereocenters. The second-order valence-electron chi connectivity index (χ2n) is 3.72. The van der Waals surface area contributed by atoms with E-state index < -0.39 is 0 Å². The van der Waals surface area contributed by atoms with E-state index in [4.69, 9.17) is 10.1 Å². The van der Waals surface area contributed by atoms with Crippen molar-refractivity contribution in [1.82, 2.24) is 0 Å². The van der Waals surface area contributed by atoms with E-state index in [-0.39, 0.29) is 6.10 Å². The average Bonchev–Trinajstić information content (AvgIpc) is 2.34. The maximum Gasteiger partial charge on any atom is 0.0720 e. The summed E-state index contributed by atoms with van der Waals surface area (Å²) in [5.41, 5.74) is 1.19. The molecule has 1 aromatic rings. The molecule has 0 bridgehead atoms. The molecule has 16 heavy (non-hydrogen) atoms. The maximum absolute atomic E-state index is 7.02. The Labute approximate surface area is 97.5 Å². The van der Waals surface area contributed by atoms with Crippen LogP contribution >= 0.6 is 0 Å². The van der Waals surface area contributed by atoms with Crippen LogP contribution in [0.4, 0.5) is 0 Å². The molecule has 0 spiro atoms. The van der Waals surface area contributed by atoms with Crippen molar-refractivity contribution in [1.29, 1.82) is 5.41 Å². The van der Waals surface area contributed by atoms with Gasteiger partial charge >= 0.3 is 0 Å². The lowest BCUT2D eigenvalue weighted by Crippen LogP contribution is -2.12. The SMILES string of the molecule is C=CCC(CCC=N)OCc1ccccc1. The molecule has 0 aliphatic heterocycles. The number of ether oxygens (including phenoxy) is 1. The third kappa shape index (κ3) is 4.89. The standard InChI is InChI=1S/C14H19NO/c1-2-7-14(10-6-11-15)16-12-13-8-4-3-5-9-13/h2-5,8-9,11,14-15H,1,6-7,10,12H2. The van der Waals surface area contributed by atoms with E-state index in [1.165, 1.54) is 11.8 Å². The summed E-state index contributed by atoms with van der Waals surface area (Å²) < 4.78 is 5.80. The number of hydrogen-bond acceptors (Lipinski definition) is 2. The quantitative estimate of drug-likeness (QED) is 0.524. The predicted octanol–water partition coefficient (Wildman–Crippen LogP) is 3.58. The molecule has 0 heterocycles. The zero-order chi connectivity index (χ0) is 11.6. The van der Waals surface area contributed by atoms with Crippen molar-refractivity contribution in [2.45, 2.75) is 32.0 Å². The molecule has 0 saturated carbocycles. The van der Waals surface area contributed by atoms with Gasteiger partial charge in [-0.05, 0) is 31.0 Å². The monoisotopic (exact) mass is 217 g/mol. The van der Waals surface area contributed by atoms with E-state index in [0.29, 0.717) is 6.61 Å². The van der Waals surface area contributed by atoms with Gasteiger partial charge in [0, 0.05) is 0 Å². The summed E-state index contributed by atoms with van der Waals surface area (Å²) >= 11 is 0. The summed E-state index contributed by atoms with van der Waals surface area (Å²) in [4.78, 5) is 0. The van der Waals surface area contributed by atoms with E-state index in [1.54, 1.807) is 0 Å². The first-order valence-electron chi connectivity index (χ1n) is 5.62. The maximum atomic E-state index is 7.02. The molecule has 1 rings (SSSR count). The van der Waals surface area contributed by atoms with Gasteiger partial charge in [-0.25, -0.2) is 0 Å². The van der Waals surface area contributed by atoms with Crippen LogP contribution in [0.3, 0.4) is 0 Å². The molecular weight excluding hydrogens is 198 g/mol. The summed E-state index contributed by atoms with van der Waals surface area (Å²) in [7, 11) is 0. The predicted molar refractivity (Wildman–Crippen MR) is 67.9 cm³/mol. The van der Waals surface area contributed by atoms with Crippen molar-refractivity contribution >= 4 is 6.21 Å². The van der Waals surface area contributed by atoms with Crippen LogP contribution in [0, 0.1) is 5.41 Å². The van der Waals surface area contributed by atoms with Crippen LogP contribution in [0.2, 0.25) is 0 Å². The Bertz CT molecular complexity index is 308. The van der Waals surface area contributed by atoms with Gasteiger partial charge in [-0.3, -0.25) is 0 Å². The summed E-state index contributed by atoms with van der Waals surface area (Å²) in [6, 6.07) is 10.1. The summed E-state index contributed by atoms with van der Waals surface area (Å²) in [6.07, 6.45) is 6.00. The summed E-state index contributed by atoms with van der Waals surface area (Å²) in [6.45, 7) is 4.36. The minimum atomic E-state index is 0.180. The van der Waals surface area contributed by atoms with Crippen LogP contribution in [0.1, 0.15) is 24.8 Å². The molecule has 0 fully saturated rings. The van der Waals surface area contributed by atoms with Crippen molar-refractivity contribution in [2.24, 2.45) is 0 Å². The molecule has 86 valence electrons. The van der Waals surface area contributed by atoms with Crippen LogP contribution in [0.25, 0.3) is 0 Å². The highest BCUT2D eigenvalue weighted by Gasteiger charge is 2.06. The fraction of sp³-hybridized carbons (Fsp3) is 0.357. The van der Waals surface area contributed by atoms with Crippen LogP contribution < -0.4 is 0 Å². The van der Waals surface area contributed by atoms with Crippen LogP contribution in [0.5, 0.6) is 0 Å². The molecule has 0 radical (unpaired) electrons. The Morgan fingerprint density at radius 1 is 1.31 bits per heavy atom. The first-order chi connectivity index (χ1) is 7.86. The van der Waals surface area contributed by atoms with Crippen LogP contribution in [0.15, 0.2) is 43.0 Å². The van der Waals surface area contributed by atoms with Gasteiger partial charge in [-0.2, -0.15) is 0 Å². The normalized spacial score (nSPS) is 12.0. The number of rotatable bonds is 8. The van der Waals surface area contributed by atoms with Crippen LogP contribution in [-0.2, 0) is 11.3 Å². The van der Waals surface area contributed by atoms with E-state index >= 15 is 0 Å². The molecule has 0 aromatic heterocycles. The van der Waals surface area contributed by atoms with Crippen molar-refractivity contribution in [2.75, 3.05) is 0 Å². The fourth-order valence-electron chi connectivity index (χ4n) is 1.51. The third-order valence-corrected chi connectivity index (χ3v) is 2.39. The lowest BCUT2D eigenvalue weighted by Gasteiger charge is -2.15. The smallest absolute Gasteiger partial charge is 0.0720 e. The highest BCUT2D eigenvalue weighted by Crippen LogP contribution is 2.10. The number of hydrogen-bond donors (Lipinski definition) is 1. The molecule has 2 heteroatoms. The second kappa shape index (κ2) is 7.83. The highest BCUT2D eigenvalue weighted by molar-refractivity contribution is 5.52. The van der Waals surface area contributed by atoms with Gasteiger partial charge in [0.25, 0.3) is 0 Å². The van der Waals surface area contributed by atoms with Gasteiger partial charge in [0.2, 0.25) is 0 Å². The molecule has 0 aliphatic carbocycles. The zero-order valence-electron chi connectivity index (χ0n) is 9.56. The van der Waals surface area contributed by atoms with Gasteiger partial charge in [-0.15, -0.1) is 6.58 Å². The summed E-state index contributed by atoms with van der Waals surface area (Å²) in [5.74, 6) is 0. The Morgan fingerprint density at radius 3 is 2.69 bits per heavy atom. The zero-order valence-corrected chi connectivity index (χ0v) is 9.56. The Balaban J connectivity index is 2.36. The van der Waals surface area contributed by atoms with E-state index in [9.17, 15) is 0 Å². The minimum absolute atomic E-state index is 0.180. The van der Waals surface area contributed by atoms with E-state index in [0.717, 1.165) is 19.3 Å². The molecule has 0 amide bonds. The Hall–Kier alpha value is -1.41. The molecular formula is C14H19NO. The van der Waals surface area contributed by atoms with Crippen molar-refractivity contribution in [3.05, 3.63) is 48.6 Å². The van der Waals surface area contributed by atoms with Crippen molar-refractivity contribution < 1.29 is 4.74 Å². The molecule has 2 nitrogen and oxygen atoms in total. The molecule has 1 unspecified atom stereocenters. The minimum Gasteiger partial charge on any atom is -0.373 e. The highest BCUT2D eigenvalue weighted by atomic mass is 16.5. The topological polar surface area (TPSA) is 33.1 Å². The third-order valence-electron chi connectivity index (χ3n) is 2.39. The number of benzene rings is 1. The molecule has 0 saturated heterocycles. The van der Waals surface area contributed by atoms with E-state index in [1.807, 2.05) is 24.3 Å². The fourth-order valence-corrected chi connectivity index (χ4v) is 1.51. The summed E-state index contributed by atoms with van der Waals surface area (Å²) in [5, 5.41) is 7.02. The van der Waals surface area contributed by atoms with Crippen molar-refractivity contribution in [3.8, 4) is 0 Å². The first-order valence-corrected chi connectivity index (χ1v) is 5.62. The van der Waals surface area contributed by atoms with Gasteiger partial charge in [-0.1, -0.05) is 36.4 Å². The first kappa shape index (κ1) is 12.7. The van der Waals surface area contributed by atoms with E-state index in [2.05, 4.69) is 18.7 Å².